The molecule has 1 saturated heterocycles. The van der Waals surface area contributed by atoms with Gasteiger partial charge >= 0.3 is 6.18 Å². The van der Waals surface area contributed by atoms with Gasteiger partial charge in [0.05, 0.1) is 23.6 Å². The lowest BCUT2D eigenvalue weighted by Crippen LogP contribution is -2.40. The maximum absolute atomic E-state index is 12.9. The van der Waals surface area contributed by atoms with E-state index in [0.717, 1.165) is 12.1 Å². The highest BCUT2D eigenvalue weighted by molar-refractivity contribution is 7.91. The van der Waals surface area contributed by atoms with E-state index in [1.807, 2.05) is 13.8 Å². The Morgan fingerprint density at radius 1 is 1.31 bits per heavy atom. The summed E-state index contributed by atoms with van der Waals surface area (Å²) in [6.45, 7) is 5.16. The average Bonchev–Trinajstić information content (AvgIpc) is 3.01. The zero-order chi connectivity index (χ0) is 21.5. The summed E-state index contributed by atoms with van der Waals surface area (Å²) in [6.07, 6.45) is -3.61. The van der Waals surface area contributed by atoms with Crippen LogP contribution in [-0.4, -0.2) is 51.6 Å². The smallest absolute Gasteiger partial charge is 0.416 e. The lowest BCUT2D eigenvalue weighted by atomic mass is 10.1. The lowest BCUT2D eigenvalue weighted by Gasteiger charge is -2.19. The average molecular weight is 436 g/mol. The van der Waals surface area contributed by atoms with Crippen molar-refractivity contribution >= 4 is 15.8 Å². The molecule has 1 fully saturated rings. The van der Waals surface area contributed by atoms with Crippen molar-refractivity contribution in [2.45, 2.75) is 39.0 Å². The third-order valence-corrected chi connectivity index (χ3v) is 6.44. The number of hydrogen-bond donors (Lipinski definition) is 2. The summed E-state index contributed by atoms with van der Waals surface area (Å²) in [5, 5.41) is 6.23. The van der Waals surface area contributed by atoms with Crippen LogP contribution in [0.4, 0.5) is 13.2 Å². The number of rotatable bonds is 8. The fourth-order valence-electron chi connectivity index (χ4n) is 3.00. The van der Waals surface area contributed by atoms with E-state index in [9.17, 15) is 21.6 Å². The van der Waals surface area contributed by atoms with E-state index < -0.39 is 21.6 Å². The summed E-state index contributed by atoms with van der Waals surface area (Å²) in [5.74, 6) is 1.12. The highest BCUT2D eigenvalue weighted by Crippen LogP contribution is 2.31. The Morgan fingerprint density at radius 3 is 2.66 bits per heavy atom. The van der Waals surface area contributed by atoms with Crippen LogP contribution < -0.4 is 15.4 Å². The van der Waals surface area contributed by atoms with Crippen LogP contribution in [-0.2, 0) is 16.0 Å². The Bertz CT molecular complexity index is 797. The minimum absolute atomic E-state index is 0.0483. The van der Waals surface area contributed by atoms with Crippen molar-refractivity contribution in [1.82, 2.24) is 10.6 Å². The predicted molar refractivity (Wildman–Crippen MR) is 107 cm³/mol. The Kier molecular flexibility index (Phi) is 8.18. The molecule has 0 aromatic heterocycles. The zero-order valence-electron chi connectivity index (χ0n) is 16.6. The van der Waals surface area contributed by atoms with Crippen molar-refractivity contribution in [1.29, 1.82) is 0 Å². The SMILES string of the molecule is CCNC(=NCC(CC)Oc1cccc(C(F)(F)F)c1)NCC1CCS(=O)(=O)C1. The molecule has 1 aromatic rings. The normalized spacial score (nSPS) is 20.3. The maximum atomic E-state index is 12.9. The van der Waals surface area contributed by atoms with Gasteiger partial charge in [0.2, 0.25) is 0 Å². The molecule has 164 valence electrons. The van der Waals surface area contributed by atoms with Crippen molar-refractivity contribution in [3.05, 3.63) is 29.8 Å². The molecule has 2 atom stereocenters. The van der Waals surface area contributed by atoms with Gasteiger partial charge in [0, 0.05) is 13.1 Å². The molecule has 0 bridgehead atoms. The monoisotopic (exact) mass is 435 g/mol. The van der Waals surface area contributed by atoms with Crippen LogP contribution in [0.15, 0.2) is 29.3 Å². The Balaban J connectivity index is 1.95. The molecular formula is C19H28F3N3O3S. The van der Waals surface area contributed by atoms with Crippen molar-refractivity contribution in [3.8, 4) is 5.75 Å². The molecule has 1 heterocycles. The minimum Gasteiger partial charge on any atom is -0.488 e. The Hall–Kier alpha value is -1.97. The molecule has 0 aliphatic carbocycles. The van der Waals surface area contributed by atoms with E-state index in [1.54, 1.807) is 0 Å². The molecule has 2 unspecified atom stereocenters. The molecule has 0 saturated carbocycles. The summed E-state index contributed by atoms with van der Waals surface area (Å²) < 4.78 is 67.4. The zero-order valence-corrected chi connectivity index (χ0v) is 17.4. The fraction of sp³-hybridized carbons (Fsp3) is 0.632. The Labute approximate surface area is 169 Å². The second kappa shape index (κ2) is 10.2. The van der Waals surface area contributed by atoms with Crippen molar-refractivity contribution in [2.24, 2.45) is 10.9 Å². The van der Waals surface area contributed by atoms with E-state index in [-0.39, 0.29) is 35.8 Å². The van der Waals surface area contributed by atoms with Gasteiger partial charge in [-0.2, -0.15) is 13.2 Å². The second-order valence-corrected chi connectivity index (χ2v) is 9.27. The summed E-state index contributed by atoms with van der Waals surface area (Å²) in [4.78, 5) is 4.45. The van der Waals surface area contributed by atoms with Gasteiger partial charge in [0.1, 0.15) is 11.9 Å². The van der Waals surface area contributed by atoms with Crippen LogP contribution >= 0.6 is 0 Å². The van der Waals surface area contributed by atoms with Gasteiger partial charge in [-0.25, -0.2) is 13.4 Å². The van der Waals surface area contributed by atoms with Crippen molar-refractivity contribution < 1.29 is 26.3 Å². The number of hydrogen-bond acceptors (Lipinski definition) is 4. The van der Waals surface area contributed by atoms with E-state index in [1.165, 1.54) is 12.1 Å². The van der Waals surface area contributed by atoms with Crippen LogP contribution in [0.5, 0.6) is 5.75 Å². The molecule has 2 rings (SSSR count). The molecule has 10 heteroatoms. The highest BCUT2D eigenvalue weighted by Gasteiger charge is 2.31. The molecule has 0 spiro atoms. The molecule has 1 aliphatic rings. The van der Waals surface area contributed by atoms with Gasteiger partial charge in [-0.1, -0.05) is 13.0 Å². The summed E-state index contributed by atoms with van der Waals surface area (Å²) in [6, 6.07) is 4.79. The van der Waals surface area contributed by atoms with Gasteiger partial charge < -0.3 is 15.4 Å². The summed E-state index contributed by atoms with van der Waals surface area (Å²) >= 11 is 0. The minimum atomic E-state index is -4.42. The first-order valence-electron chi connectivity index (χ1n) is 9.69. The van der Waals surface area contributed by atoms with Gasteiger partial charge in [-0.05, 0) is 43.9 Å². The number of alkyl halides is 3. The van der Waals surface area contributed by atoms with Gasteiger partial charge in [-0.3, -0.25) is 0 Å². The van der Waals surface area contributed by atoms with E-state index >= 15 is 0 Å². The summed E-state index contributed by atoms with van der Waals surface area (Å²) in [7, 11) is -2.93. The second-order valence-electron chi connectivity index (χ2n) is 7.04. The number of sulfone groups is 1. The molecule has 1 aliphatic heterocycles. The molecule has 6 nitrogen and oxygen atoms in total. The van der Waals surface area contributed by atoms with E-state index in [0.29, 0.717) is 31.9 Å². The number of nitrogens with one attached hydrogen (secondary N) is 2. The molecular weight excluding hydrogens is 407 g/mol. The fourth-order valence-corrected chi connectivity index (χ4v) is 4.86. The number of aliphatic imine (C=N–C) groups is 1. The topological polar surface area (TPSA) is 79.8 Å². The first-order chi connectivity index (χ1) is 13.6. The van der Waals surface area contributed by atoms with Crippen molar-refractivity contribution in [3.63, 3.8) is 0 Å². The molecule has 2 N–H and O–H groups in total. The third kappa shape index (κ3) is 7.75. The van der Waals surface area contributed by atoms with E-state index in [4.69, 9.17) is 4.74 Å². The molecule has 1 aromatic carbocycles. The molecule has 0 radical (unpaired) electrons. The molecule has 0 amide bonds. The van der Waals surface area contributed by atoms with Gasteiger partial charge in [0.15, 0.2) is 15.8 Å². The predicted octanol–water partition coefficient (Wildman–Crippen LogP) is 2.85. The van der Waals surface area contributed by atoms with Crippen LogP contribution in [0.3, 0.4) is 0 Å². The largest absolute Gasteiger partial charge is 0.488 e. The standard InChI is InChI=1S/C19H28F3N3O3S/c1-3-16(28-17-7-5-6-15(10-17)19(20,21)22)12-25-18(23-4-2)24-11-14-8-9-29(26,27)13-14/h5-7,10,14,16H,3-4,8-9,11-13H2,1-2H3,(H2,23,24,25). The van der Waals surface area contributed by atoms with Crippen LogP contribution in [0, 0.1) is 5.92 Å². The molecule has 29 heavy (non-hydrogen) atoms. The van der Waals surface area contributed by atoms with Crippen LogP contribution in [0.2, 0.25) is 0 Å². The third-order valence-electron chi connectivity index (χ3n) is 4.60. The van der Waals surface area contributed by atoms with Crippen molar-refractivity contribution in [2.75, 3.05) is 31.1 Å². The lowest BCUT2D eigenvalue weighted by molar-refractivity contribution is -0.137. The van der Waals surface area contributed by atoms with Gasteiger partial charge in [-0.15, -0.1) is 0 Å². The highest BCUT2D eigenvalue weighted by atomic mass is 32.2. The number of nitrogens with zero attached hydrogens (tertiary/aromatic N) is 1. The number of benzene rings is 1. The first kappa shape index (κ1) is 23.3. The number of guanidine groups is 1. The number of halogens is 3. The maximum Gasteiger partial charge on any atom is 0.416 e. The van der Waals surface area contributed by atoms with Crippen LogP contribution in [0.1, 0.15) is 32.3 Å². The number of ether oxygens (including phenoxy) is 1. The quantitative estimate of drug-likeness (QED) is 0.485. The van der Waals surface area contributed by atoms with E-state index in [2.05, 4.69) is 15.6 Å². The Morgan fingerprint density at radius 2 is 2.07 bits per heavy atom. The first-order valence-corrected chi connectivity index (χ1v) is 11.5. The van der Waals surface area contributed by atoms with Gasteiger partial charge in [0.25, 0.3) is 0 Å². The summed E-state index contributed by atoms with van der Waals surface area (Å²) in [5.41, 5.74) is -0.755. The van der Waals surface area contributed by atoms with Crippen LogP contribution in [0.25, 0.3) is 0 Å².